The average Bonchev–Trinajstić information content (AvgIpc) is 2.42. The van der Waals surface area contributed by atoms with Gasteiger partial charge in [-0.25, -0.2) is 0 Å². The first-order valence-electron chi connectivity index (χ1n) is 6.88. The Morgan fingerprint density at radius 3 is 2.80 bits per heavy atom. The van der Waals surface area contributed by atoms with Crippen molar-refractivity contribution in [2.45, 2.75) is 19.4 Å². The Labute approximate surface area is 124 Å². The van der Waals surface area contributed by atoms with Gasteiger partial charge in [0, 0.05) is 12.6 Å². The van der Waals surface area contributed by atoms with Crippen LogP contribution in [0.1, 0.15) is 18.4 Å². The fourth-order valence-electron chi connectivity index (χ4n) is 2.49. The van der Waals surface area contributed by atoms with E-state index in [4.69, 9.17) is 11.6 Å². The molecule has 20 heavy (non-hydrogen) atoms. The summed E-state index contributed by atoms with van der Waals surface area (Å²) in [4.78, 5) is 12.7. The summed E-state index contributed by atoms with van der Waals surface area (Å²) in [5, 5.41) is 14.4. The lowest BCUT2D eigenvalue weighted by molar-refractivity contribution is -0.384. The van der Waals surface area contributed by atoms with E-state index in [-0.39, 0.29) is 10.7 Å². The summed E-state index contributed by atoms with van der Waals surface area (Å²) in [6.45, 7) is 3.91. The van der Waals surface area contributed by atoms with E-state index in [0.717, 1.165) is 25.2 Å². The Balaban J connectivity index is 1.82. The van der Waals surface area contributed by atoms with Crippen molar-refractivity contribution >= 4 is 17.3 Å². The molecule has 0 aliphatic carbocycles. The molecule has 0 bridgehead atoms. The zero-order valence-electron chi connectivity index (χ0n) is 11.6. The van der Waals surface area contributed by atoms with E-state index in [1.54, 1.807) is 12.1 Å². The van der Waals surface area contributed by atoms with Crippen LogP contribution < -0.4 is 5.32 Å². The Kier molecular flexibility index (Phi) is 5.34. The van der Waals surface area contributed by atoms with Crippen LogP contribution in [0.25, 0.3) is 0 Å². The van der Waals surface area contributed by atoms with E-state index in [2.05, 4.69) is 17.3 Å². The zero-order valence-corrected chi connectivity index (χ0v) is 12.4. The van der Waals surface area contributed by atoms with E-state index in [0.29, 0.717) is 12.5 Å². The Hall–Kier alpha value is -1.17. The lowest BCUT2D eigenvalue weighted by Gasteiger charge is -2.29. The highest BCUT2D eigenvalue weighted by atomic mass is 35.5. The number of halogens is 1. The molecule has 1 saturated heterocycles. The highest BCUT2D eigenvalue weighted by molar-refractivity contribution is 6.32. The molecule has 0 unspecified atom stereocenters. The fourth-order valence-corrected chi connectivity index (χ4v) is 2.68. The lowest BCUT2D eigenvalue weighted by atomic mass is 9.97. The molecule has 0 amide bonds. The summed E-state index contributed by atoms with van der Waals surface area (Å²) in [6, 6.07) is 4.97. The van der Waals surface area contributed by atoms with Crippen LogP contribution in [-0.2, 0) is 6.54 Å². The van der Waals surface area contributed by atoms with Crippen molar-refractivity contribution in [2.24, 2.45) is 5.92 Å². The maximum atomic E-state index is 10.8. The third-order valence-corrected chi connectivity index (χ3v) is 4.13. The molecule has 0 saturated carbocycles. The largest absolute Gasteiger partial charge is 0.312 e. The maximum Gasteiger partial charge on any atom is 0.288 e. The average molecular weight is 298 g/mol. The summed E-state index contributed by atoms with van der Waals surface area (Å²) in [6.07, 6.45) is 2.43. The topological polar surface area (TPSA) is 58.4 Å². The maximum absolute atomic E-state index is 10.8. The van der Waals surface area contributed by atoms with Crippen LogP contribution in [-0.4, -0.2) is 36.5 Å². The number of nitrogens with one attached hydrogen (secondary N) is 1. The van der Waals surface area contributed by atoms with Crippen LogP contribution in [0.2, 0.25) is 5.02 Å². The molecule has 1 aliphatic rings. The molecule has 1 N–H and O–H groups in total. The minimum atomic E-state index is -0.442. The minimum absolute atomic E-state index is 0.0229. The second-order valence-corrected chi connectivity index (χ2v) is 5.83. The van der Waals surface area contributed by atoms with Crippen molar-refractivity contribution < 1.29 is 4.92 Å². The lowest BCUT2D eigenvalue weighted by Crippen LogP contribution is -2.34. The molecular formula is C14H20ClN3O2. The Bertz CT molecular complexity index is 473. The van der Waals surface area contributed by atoms with Gasteiger partial charge in [0.1, 0.15) is 5.02 Å². The minimum Gasteiger partial charge on any atom is -0.312 e. The summed E-state index contributed by atoms with van der Waals surface area (Å²) in [5.74, 6) is 0.702. The van der Waals surface area contributed by atoms with Gasteiger partial charge in [-0.15, -0.1) is 0 Å². The van der Waals surface area contributed by atoms with Gasteiger partial charge in [-0.1, -0.05) is 17.7 Å². The van der Waals surface area contributed by atoms with Crippen molar-refractivity contribution in [1.29, 1.82) is 0 Å². The second kappa shape index (κ2) is 7.02. The number of benzene rings is 1. The van der Waals surface area contributed by atoms with Gasteiger partial charge in [-0.3, -0.25) is 10.1 Å². The molecule has 110 valence electrons. The SMILES string of the molecule is CN1CCC(CNCc2ccc(Cl)c([N+](=O)[O-])c2)CC1. The van der Waals surface area contributed by atoms with E-state index >= 15 is 0 Å². The van der Waals surface area contributed by atoms with Crippen molar-refractivity contribution in [3.63, 3.8) is 0 Å². The van der Waals surface area contributed by atoms with Gasteiger partial charge in [-0.2, -0.15) is 0 Å². The molecule has 1 aromatic rings. The third-order valence-electron chi connectivity index (χ3n) is 3.81. The monoisotopic (exact) mass is 297 g/mol. The predicted molar refractivity (Wildman–Crippen MR) is 80.0 cm³/mol. The second-order valence-electron chi connectivity index (χ2n) is 5.42. The smallest absolute Gasteiger partial charge is 0.288 e. The number of nitrogens with zero attached hydrogens (tertiary/aromatic N) is 2. The van der Waals surface area contributed by atoms with Crippen LogP contribution >= 0.6 is 11.6 Å². The molecular weight excluding hydrogens is 278 g/mol. The molecule has 6 heteroatoms. The van der Waals surface area contributed by atoms with Crippen LogP contribution in [0.15, 0.2) is 18.2 Å². The van der Waals surface area contributed by atoms with Gasteiger partial charge >= 0.3 is 0 Å². The molecule has 1 heterocycles. The first-order chi connectivity index (χ1) is 9.56. The number of piperidine rings is 1. The molecule has 1 aromatic carbocycles. The third kappa shape index (κ3) is 4.16. The van der Waals surface area contributed by atoms with Crippen molar-refractivity contribution in [2.75, 3.05) is 26.7 Å². The number of hydrogen-bond acceptors (Lipinski definition) is 4. The number of hydrogen-bond donors (Lipinski definition) is 1. The van der Waals surface area contributed by atoms with Crippen LogP contribution in [0.4, 0.5) is 5.69 Å². The van der Waals surface area contributed by atoms with Gasteiger partial charge in [0.05, 0.1) is 4.92 Å². The number of rotatable bonds is 5. The molecule has 5 nitrogen and oxygen atoms in total. The van der Waals surface area contributed by atoms with E-state index in [1.165, 1.54) is 12.8 Å². The molecule has 2 rings (SSSR count). The Morgan fingerprint density at radius 2 is 2.15 bits per heavy atom. The molecule has 1 aliphatic heterocycles. The normalized spacial score (nSPS) is 17.3. The zero-order chi connectivity index (χ0) is 14.5. The van der Waals surface area contributed by atoms with Crippen LogP contribution in [0, 0.1) is 16.0 Å². The van der Waals surface area contributed by atoms with Crippen LogP contribution in [0.3, 0.4) is 0 Å². The van der Waals surface area contributed by atoms with E-state index in [9.17, 15) is 10.1 Å². The first kappa shape index (κ1) is 15.2. The number of nitro groups is 1. The number of likely N-dealkylation sites (tertiary alicyclic amines) is 1. The van der Waals surface area contributed by atoms with Crippen molar-refractivity contribution in [1.82, 2.24) is 10.2 Å². The van der Waals surface area contributed by atoms with Gasteiger partial charge in [0.25, 0.3) is 5.69 Å². The fraction of sp³-hybridized carbons (Fsp3) is 0.571. The summed E-state index contributed by atoms with van der Waals surface area (Å²) in [7, 11) is 2.15. The highest BCUT2D eigenvalue weighted by Gasteiger charge is 2.16. The molecule has 0 radical (unpaired) electrons. The van der Waals surface area contributed by atoms with Crippen molar-refractivity contribution in [3.8, 4) is 0 Å². The predicted octanol–water partition coefficient (Wildman–Crippen LogP) is 2.68. The first-order valence-corrected chi connectivity index (χ1v) is 7.26. The number of nitro benzene ring substituents is 1. The molecule has 0 atom stereocenters. The summed E-state index contributed by atoms with van der Waals surface area (Å²) < 4.78 is 0. The molecule has 0 spiro atoms. The molecule has 0 aromatic heterocycles. The van der Waals surface area contributed by atoms with E-state index in [1.807, 2.05) is 6.07 Å². The highest BCUT2D eigenvalue weighted by Crippen LogP contribution is 2.25. The quantitative estimate of drug-likeness (QED) is 0.670. The van der Waals surface area contributed by atoms with Gasteiger partial charge < -0.3 is 10.2 Å². The van der Waals surface area contributed by atoms with Crippen molar-refractivity contribution in [3.05, 3.63) is 38.9 Å². The standard InChI is InChI=1S/C14H20ClN3O2/c1-17-6-4-11(5-7-17)9-16-10-12-2-3-13(15)14(8-12)18(19)20/h2-3,8,11,16H,4-7,9-10H2,1H3. The summed E-state index contributed by atoms with van der Waals surface area (Å²) in [5.41, 5.74) is 0.874. The van der Waals surface area contributed by atoms with Gasteiger partial charge in [0.2, 0.25) is 0 Å². The summed E-state index contributed by atoms with van der Waals surface area (Å²) >= 11 is 5.79. The van der Waals surface area contributed by atoms with E-state index < -0.39 is 4.92 Å². The molecule has 1 fully saturated rings. The van der Waals surface area contributed by atoms with Gasteiger partial charge in [-0.05, 0) is 57.1 Å². The van der Waals surface area contributed by atoms with Crippen LogP contribution in [0.5, 0.6) is 0 Å². The Morgan fingerprint density at radius 1 is 1.45 bits per heavy atom. The van der Waals surface area contributed by atoms with Gasteiger partial charge in [0.15, 0.2) is 0 Å².